The quantitative estimate of drug-likeness (QED) is 0.647. The molecule has 2 aromatic rings. The van der Waals surface area contributed by atoms with Crippen LogP contribution in [0.4, 0.5) is 0 Å². The van der Waals surface area contributed by atoms with Crippen molar-refractivity contribution in [2.24, 2.45) is 11.8 Å². The minimum Gasteiger partial charge on any atom is -0.462 e. The minimum atomic E-state index is -0.0463. The predicted octanol–water partition coefficient (Wildman–Crippen LogP) is 4.55. The maximum atomic E-state index is 12.3. The Bertz CT molecular complexity index is 861. The van der Waals surface area contributed by atoms with Crippen LogP contribution in [0.3, 0.4) is 0 Å². The van der Waals surface area contributed by atoms with E-state index in [4.69, 9.17) is 9.47 Å². The third kappa shape index (κ3) is 4.76. The third-order valence-electron chi connectivity index (χ3n) is 7.00. The first-order valence-electron chi connectivity index (χ1n) is 11.6. The number of piperidine rings is 1. The largest absolute Gasteiger partial charge is 0.462 e. The number of hydrogen-bond acceptors (Lipinski definition) is 4. The number of esters is 1. The topological polar surface area (TPSA) is 38.8 Å². The molecule has 5 rings (SSSR count). The van der Waals surface area contributed by atoms with Crippen molar-refractivity contribution >= 4 is 11.5 Å². The van der Waals surface area contributed by atoms with Crippen molar-refractivity contribution in [1.82, 2.24) is 4.90 Å². The van der Waals surface area contributed by atoms with Gasteiger partial charge in [-0.15, -0.1) is 0 Å². The lowest BCUT2D eigenvalue weighted by Crippen LogP contribution is -2.33. The van der Waals surface area contributed by atoms with E-state index in [2.05, 4.69) is 65.6 Å². The van der Waals surface area contributed by atoms with Gasteiger partial charge in [-0.25, -0.2) is 0 Å². The van der Waals surface area contributed by atoms with E-state index in [1.807, 2.05) is 0 Å². The number of carbonyl (C=O) groups excluding carboxylic acids is 1. The lowest BCUT2D eigenvalue weighted by Gasteiger charge is -2.30. The second-order valence-electron chi connectivity index (χ2n) is 8.95. The van der Waals surface area contributed by atoms with E-state index in [0.717, 1.165) is 52.1 Å². The fourth-order valence-corrected chi connectivity index (χ4v) is 5.16. The van der Waals surface area contributed by atoms with Crippen molar-refractivity contribution in [3.8, 4) is 0 Å². The Balaban J connectivity index is 1.18. The molecule has 1 saturated carbocycles. The zero-order valence-electron chi connectivity index (χ0n) is 18.0. The first kappa shape index (κ1) is 20.5. The fraction of sp³-hybridized carbons (Fsp3) is 0.444. The maximum absolute atomic E-state index is 12.3. The zero-order chi connectivity index (χ0) is 21.0. The molecule has 2 aromatic carbocycles. The molecule has 0 spiro atoms. The molecular weight excluding hydrogens is 386 g/mol. The van der Waals surface area contributed by atoms with Gasteiger partial charge in [-0.3, -0.25) is 4.79 Å². The van der Waals surface area contributed by atoms with Crippen LogP contribution in [-0.2, 0) is 14.3 Å². The molecule has 0 N–H and O–H groups in total. The van der Waals surface area contributed by atoms with Crippen molar-refractivity contribution < 1.29 is 14.3 Å². The second kappa shape index (κ2) is 9.37. The molecule has 3 aliphatic rings. The van der Waals surface area contributed by atoms with Crippen LogP contribution in [0.15, 0.2) is 66.2 Å². The number of ether oxygens (including phenoxy) is 2. The van der Waals surface area contributed by atoms with Crippen molar-refractivity contribution in [2.45, 2.75) is 31.8 Å². The van der Waals surface area contributed by atoms with Crippen molar-refractivity contribution in [3.63, 3.8) is 0 Å². The summed E-state index contributed by atoms with van der Waals surface area (Å²) in [5.74, 6) is 0.958. The van der Waals surface area contributed by atoms with Gasteiger partial charge in [-0.1, -0.05) is 66.2 Å². The Morgan fingerprint density at radius 3 is 2.16 bits per heavy atom. The molecule has 2 heterocycles. The van der Waals surface area contributed by atoms with E-state index in [1.54, 1.807) is 0 Å². The molecule has 4 heteroatoms. The number of likely N-dealkylation sites (tertiary alicyclic amines) is 1. The minimum absolute atomic E-state index is 0.0463. The monoisotopic (exact) mass is 417 g/mol. The molecule has 31 heavy (non-hydrogen) atoms. The van der Waals surface area contributed by atoms with E-state index >= 15 is 0 Å². The summed E-state index contributed by atoms with van der Waals surface area (Å²) in [5, 5.41) is 0. The van der Waals surface area contributed by atoms with Crippen LogP contribution in [-0.4, -0.2) is 49.8 Å². The van der Waals surface area contributed by atoms with Crippen LogP contribution in [0.5, 0.6) is 0 Å². The summed E-state index contributed by atoms with van der Waals surface area (Å²) in [6.45, 7) is 4.35. The molecule has 2 saturated heterocycles. The zero-order valence-corrected chi connectivity index (χ0v) is 18.0. The Morgan fingerprint density at radius 1 is 0.935 bits per heavy atom. The van der Waals surface area contributed by atoms with Crippen molar-refractivity contribution in [2.75, 3.05) is 32.8 Å². The van der Waals surface area contributed by atoms with E-state index in [9.17, 15) is 4.79 Å². The molecule has 3 fully saturated rings. The first-order chi connectivity index (χ1) is 15.3. The first-order valence-corrected chi connectivity index (χ1v) is 11.6. The van der Waals surface area contributed by atoms with E-state index < -0.39 is 0 Å². The summed E-state index contributed by atoms with van der Waals surface area (Å²) in [5.41, 5.74) is 5.46. The third-order valence-corrected chi connectivity index (χ3v) is 7.00. The summed E-state index contributed by atoms with van der Waals surface area (Å²) in [6.07, 6.45) is 3.72. The van der Waals surface area contributed by atoms with Gasteiger partial charge < -0.3 is 14.4 Å². The van der Waals surface area contributed by atoms with Gasteiger partial charge in [0.15, 0.2) is 0 Å². The highest BCUT2D eigenvalue weighted by Gasteiger charge is 2.54. The number of benzene rings is 2. The molecule has 4 nitrogen and oxygen atoms in total. The van der Waals surface area contributed by atoms with E-state index in [1.165, 1.54) is 22.3 Å². The van der Waals surface area contributed by atoms with Crippen LogP contribution < -0.4 is 0 Å². The standard InChI is InChI=1S/C27H31NO3/c29-25(31-27-23-14-18-30-19-24(23)27)13-17-28-15-11-22(12-16-28)26(20-7-3-1-4-8-20)21-9-5-2-6-10-21/h1-10,23-24,27H,11-19H2/t23-,24?,27-/m1/s1. The van der Waals surface area contributed by atoms with Gasteiger partial charge in [0.05, 0.1) is 13.0 Å². The smallest absolute Gasteiger partial charge is 0.307 e. The average molecular weight is 418 g/mol. The summed E-state index contributed by atoms with van der Waals surface area (Å²) in [7, 11) is 0. The molecule has 0 aromatic heterocycles. The van der Waals surface area contributed by atoms with Gasteiger partial charge in [-0.05, 0) is 36.0 Å². The fourth-order valence-electron chi connectivity index (χ4n) is 5.16. The van der Waals surface area contributed by atoms with Crippen LogP contribution in [0, 0.1) is 11.8 Å². The Labute approximate surface area is 184 Å². The van der Waals surface area contributed by atoms with E-state index in [-0.39, 0.29) is 12.1 Å². The lowest BCUT2D eigenvalue weighted by molar-refractivity contribution is -0.146. The highest BCUT2D eigenvalue weighted by atomic mass is 16.6. The predicted molar refractivity (Wildman–Crippen MR) is 121 cm³/mol. The van der Waals surface area contributed by atoms with Crippen LogP contribution in [0.2, 0.25) is 0 Å². The Hall–Kier alpha value is -2.43. The van der Waals surface area contributed by atoms with Crippen molar-refractivity contribution in [1.29, 1.82) is 0 Å². The molecule has 2 aliphatic heterocycles. The SMILES string of the molecule is O=C(CCN1CCC(=C(c2ccccc2)c2ccccc2)CC1)O[C@H]1C2COCC[C@H]21. The van der Waals surface area contributed by atoms with Crippen molar-refractivity contribution in [3.05, 3.63) is 77.4 Å². The van der Waals surface area contributed by atoms with Crippen LogP contribution >= 0.6 is 0 Å². The van der Waals surface area contributed by atoms with Gasteiger partial charge >= 0.3 is 5.97 Å². The average Bonchev–Trinajstić information content (AvgIpc) is 3.52. The number of hydrogen-bond donors (Lipinski definition) is 0. The van der Waals surface area contributed by atoms with E-state index in [0.29, 0.717) is 18.3 Å². The molecule has 0 radical (unpaired) electrons. The van der Waals surface area contributed by atoms with Crippen LogP contribution in [0.25, 0.3) is 5.57 Å². The van der Waals surface area contributed by atoms with Gasteiger partial charge in [0, 0.05) is 38.1 Å². The van der Waals surface area contributed by atoms with Gasteiger partial charge in [0.1, 0.15) is 6.10 Å². The highest BCUT2D eigenvalue weighted by molar-refractivity contribution is 5.82. The summed E-state index contributed by atoms with van der Waals surface area (Å²) < 4.78 is 11.2. The second-order valence-corrected chi connectivity index (χ2v) is 8.95. The molecule has 0 bridgehead atoms. The van der Waals surface area contributed by atoms with Gasteiger partial charge in [0.25, 0.3) is 0 Å². The molecule has 0 amide bonds. The Morgan fingerprint density at radius 2 is 1.58 bits per heavy atom. The van der Waals surface area contributed by atoms with Gasteiger partial charge in [-0.2, -0.15) is 0 Å². The van der Waals surface area contributed by atoms with Gasteiger partial charge in [0.2, 0.25) is 0 Å². The summed E-state index contributed by atoms with van der Waals surface area (Å²) >= 11 is 0. The number of carbonyl (C=O) groups is 1. The molecule has 1 aliphatic carbocycles. The summed E-state index contributed by atoms with van der Waals surface area (Å²) in [6, 6.07) is 21.4. The molecular formula is C27H31NO3. The normalized spacial score (nSPS) is 25.5. The molecule has 162 valence electrons. The molecule has 1 unspecified atom stereocenters. The number of nitrogens with zero attached hydrogens (tertiary/aromatic N) is 1. The maximum Gasteiger partial charge on any atom is 0.307 e. The lowest BCUT2D eigenvalue weighted by atomic mass is 9.88. The van der Waals surface area contributed by atoms with Crippen LogP contribution in [0.1, 0.15) is 36.8 Å². The summed E-state index contributed by atoms with van der Waals surface area (Å²) in [4.78, 5) is 14.7. The molecule has 3 atom stereocenters. The number of rotatable bonds is 6. The number of fused-ring (bicyclic) bond motifs is 1. The highest BCUT2D eigenvalue weighted by Crippen LogP contribution is 2.47. The Kier molecular flexibility index (Phi) is 6.19.